The van der Waals surface area contributed by atoms with Crippen LogP contribution in [0, 0.1) is 0 Å². The van der Waals surface area contributed by atoms with E-state index in [0.717, 1.165) is 5.69 Å². The summed E-state index contributed by atoms with van der Waals surface area (Å²) >= 11 is 0. The van der Waals surface area contributed by atoms with E-state index >= 15 is 0 Å². The SMILES string of the molecule is CC(C)n1ccc(COc2cccc3c(C(=O)O)n[nH]c23)n1. The molecule has 0 unspecified atom stereocenters. The minimum Gasteiger partial charge on any atom is -0.485 e. The van der Waals surface area contributed by atoms with Crippen molar-refractivity contribution in [3.05, 3.63) is 41.9 Å². The summed E-state index contributed by atoms with van der Waals surface area (Å²) in [4.78, 5) is 11.1. The fraction of sp³-hybridized carbons (Fsp3) is 0.267. The highest BCUT2D eigenvalue weighted by atomic mass is 16.5. The van der Waals surface area contributed by atoms with Crippen molar-refractivity contribution < 1.29 is 14.6 Å². The van der Waals surface area contributed by atoms with Gasteiger partial charge in [0, 0.05) is 17.6 Å². The lowest BCUT2D eigenvalue weighted by molar-refractivity contribution is 0.0692. The molecule has 3 rings (SSSR count). The molecule has 0 saturated heterocycles. The third-order valence-corrected chi connectivity index (χ3v) is 3.33. The van der Waals surface area contributed by atoms with Crippen molar-refractivity contribution in [2.24, 2.45) is 0 Å². The van der Waals surface area contributed by atoms with Crippen molar-refractivity contribution in [3.8, 4) is 5.75 Å². The predicted molar refractivity (Wildman–Crippen MR) is 80.0 cm³/mol. The molecule has 7 nitrogen and oxygen atoms in total. The van der Waals surface area contributed by atoms with Gasteiger partial charge in [-0.05, 0) is 26.0 Å². The number of ether oxygens (including phenoxy) is 1. The number of nitrogens with zero attached hydrogens (tertiary/aromatic N) is 3. The highest BCUT2D eigenvalue weighted by Crippen LogP contribution is 2.26. The minimum absolute atomic E-state index is 0.00969. The van der Waals surface area contributed by atoms with Gasteiger partial charge in [0.1, 0.15) is 17.9 Å². The van der Waals surface area contributed by atoms with E-state index in [1.165, 1.54) is 0 Å². The zero-order chi connectivity index (χ0) is 15.7. The van der Waals surface area contributed by atoms with Gasteiger partial charge in [-0.25, -0.2) is 4.79 Å². The van der Waals surface area contributed by atoms with Gasteiger partial charge in [-0.2, -0.15) is 10.2 Å². The van der Waals surface area contributed by atoms with Crippen LogP contribution in [0.2, 0.25) is 0 Å². The number of aromatic amines is 1. The van der Waals surface area contributed by atoms with Crippen LogP contribution in [-0.2, 0) is 6.61 Å². The Morgan fingerprint density at radius 1 is 1.41 bits per heavy atom. The molecule has 114 valence electrons. The third-order valence-electron chi connectivity index (χ3n) is 3.33. The number of carboxylic acid groups (broad SMARTS) is 1. The van der Waals surface area contributed by atoms with E-state index < -0.39 is 5.97 Å². The lowest BCUT2D eigenvalue weighted by Crippen LogP contribution is -2.03. The summed E-state index contributed by atoms with van der Waals surface area (Å²) in [5, 5.41) is 20.6. The quantitative estimate of drug-likeness (QED) is 0.755. The summed E-state index contributed by atoms with van der Waals surface area (Å²) in [5.41, 5.74) is 1.37. The first-order valence-corrected chi connectivity index (χ1v) is 6.93. The standard InChI is InChI=1S/C15H16N4O3/c1-9(2)19-7-6-10(18-19)8-22-12-5-3-4-11-13(12)16-17-14(11)15(20)21/h3-7,9H,8H2,1-2H3,(H,16,17)(H,20,21). The Hall–Kier alpha value is -2.83. The molecule has 0 atom stereocenters. The summed E-state index contributed by atoms with van der Waals surface area (Å²) < 4.78 is 7.61. The molecule has 0 aliphatic rings. The molecule has 0 aliphatic heterocycles. The molecule has 3 aromatic rings. The Bertz CT molecular complexity index is 819. The number of nitrogens with one attached hydrogen (secondary N) is 1. The van der Waals surface area contributed by atoms with E-state index in [0.29, 0.717) is 29.3 Å². The van der Waals surface area contributed by atoms with Crippen LogP contribution >= 0.6 is 0 Å². The summed E-state index contributed by atoms with van der Waals surface area (Å²) in [6.45, 7) is 4.41. The number of aromatic carboxylic acids is 1. The molecule has 2 N–H and O–H groups in total. The Morgan fingerprint density at radius 3 is 2.91 bits per heavy atom. The normalized spacial score (nSPS) is 11.2. The molecule has 22 heavy (non-hydrogen) atoms. The van der Waals surface area contributed by atoms with Crippen LogP contribution in [0.25, 0.3) is 10.9 Å². The van der Waals surface area contributed by atoms with Crippen molar-refractivity contribution in [2.75, 3.05) is 0 Å². The first-order valence-electron chi connectivity index (χ1n) is 6.93. The first-order chi connectivity index (χ1) is 10.6. The monoisotopic (exact) mass is 300 g/mol. The van der Waals surface area contributed by atoms with Gasteiger partial charge in [0.05, 0.1) is 5.69 Å². The second kappa shape index (κ2) is 5.51. The number of carbonyl (C=O) groups is 1. The van der Waals surface area contributed by atoms with Crippen molar-refractivity contribution >= 4 is 16.9 Å². The lowest BCUT2D eigenvalue weighted by Gasteiger charge is -2.06. The van der Waals surface area contributed by atoms with Crippen molar-refractivity contribution in [1.82, 2.24) is 20.0 Å². The first kappa shape index (κ1) is 14.1. The van der Waals surface area contributed by atoms with Gasteiger partial charge in [-0.15, -0.1) is 0 Å². The number of hydrogen-bond donors (Lipinski definition) is 2. The Balaban J connectivity index is 1.83. The van der Waals surface area contributed by atoms with Crippen LogP contribution in [0.5, 0.6) is 5.75 Å². The second-order valence-electron chi connectivity index (χ2n) is 5.23. The van der Waals surface area contributed by atoms with Gasteiger partial charge < -0.3 is 9.84 Å². The summed E-state index contributed by atoms with van der Waals surface area (Å²) in [6, 6.07) is 7.40. The van der Waals surface area contributed by atoms with Gasteiger partial charge in [-0.3, -0.25) is 9.78 Å². The fourth-order valence-corrected chi connectivity index (χ4v) is 2.19. The maximum atomic E-state index is 11.1. The van der Waals surface area contributed by atoms with E-state index in [9.17, 15) is 4.79 Å². The number of para-hydroxylation sites is 1. The number of H-pyrrole nitrogens is 1. The Morgan fingerprint density at radius 2 is 2.23 bits per heavy atom. The maximum absolute atomic E-state index is 11.1. The number of benzene rings is 1. The van der Waals surface area contributed by atoms with Gasteiger partial charge in [0.2, 0.25) is 0 Å². The molecule has 1 aromatic carbocycles. The molecular formula is C15H16N4O3. The number of carboxylic acids is 1. The highest BCUT2D eigenvalue weighted by Gasteiger charge is 2.15. The van der Waals surface area contributed by atoms with E-state index in [1.54, 1.807) is 18.2 Å². The van der Waals surface area contributed by atoms with E-state index in [-0.39, 0.29) is 5.69 Å². The molecule has 2 heterocycles. The zero-order valence-electron chi connectivity index (χ0n) is 12.3. The molecule has 0 fully saturated rings. The zero-order valence-corrected chi connectivity index (χ0v) is 12.3. The van der Waals surface area contributed by atoms with Crippen LogP contribution in [0.3, 0.4) is 0 Å². The summed E-state index contributed by atoms with van der Waals surface area (Å²) in [6.07, 6.45) is 1.91. The maximum Gasteiger partial charge on any atom is 0.357 e. The number of hydrogen-bond acceptors (Lipinski definition) is 4. The molecule has 0 spiro atoms. The molecule has 0 radical (unpaired) electrons. The minimum atomic E-state index is -1.07. The molecule has 2 aromatic heterocycles. The largest absolute Gasteiger partial charge is 0.485 e. The van der Waals surface area contributed by atoms with Crippen molar-refractivity contribution in [3.63, 3.8) is 0 Å². The lowest BCUT2D eigenvalue weighted by atomic mass is 10.2. The van der Waals surface area contributed by atoms with Crippen LogP contribution < -0.4 is 4.74 Å². The average molecular weight is 300 g/mol. The average Bonchev–Trinajstić information content (AvgIpc) is 3.12. The Kier molecular flexibility index (Phi) is 3.54. The number of aromatic nitrogens is 4. The molecule has 0 bridgehead atoms. The van der Waals surface area contributed by atoms with Crippen LogP contribution in [0.1, 0.15) is 36.1 Å². The van der Waals surface area contributed by atoms with Crippen LogP contribution in [0.15, 0.2) is 30.5 Å². The second-order valence-corrected chi connectivity index (χ2v) is 5.23. The number of rotatable bonds is 5. The van der Waals surface area contributed by atoms with Gasteiger partial charge >= 0.3 is 5.97 Å². The molecule has 0 aliphatic carbocycles. The molecular weight excluding hydrogens is 284 g/mol. The van der Waals surface area contributed by atoms with E-state index in [1.807, 2.05) is 16.9 Å². The van der Waals surface area contributed by atoms with E-state index in [2.05, 4.69) is 29.1 Å². The van der Waals surface area contributed by atoms with Crippen LogP contribution in [0.4, 0.5) is 0 Å². The Labute approximate surface area is 126 Å². The third kappa shape index (κ3) is 2.52. The van der Waals surface area contributed by atoms with Crippen molar-refractivity contribution in [1.29, 1.82) is 0 Å². The number of fused-ring (bicyclic) bond motifs is 1. The molecule has 0 saturated carbocycles. The van der Waals surface area contributed by atoms with Gasteiger partial charge in [0.15, 0.2) is 5.69 Å². The van der Waals surface area contributed by atoms with Crippen LogP contribution in [-0.4, -0.2) is 31.1 Å². The molecule has 0 amide bonds. The predicted octanol–water partition coefficient (Wildman–Crippen LogP) is 2.62. The summed E-state index contributed by atoms with van der Waals surface area (Å²) in [7, 11) is 0. The fourth-order valence-electron chi connectivity index (χ4n) is 2.19. The smallest absolute Gasteiger partial charge is 0.357 e. The van der Waals surface area contributed by atoms with Gasteiger partial charge in [-0.1, -0.05) is 12.1 Å². The van der Waals surface area contributed by atoms with Crippen molar-refractivity contribution in [2.45, 2.75) is 26.5 Å². The molecule has 7 heteroatoms. The van der Waals surface area contributed by atoms with Gasteiger partial charge in [0.25, 0.3) is 0 Å². The summed E-state index contributed by atoms with van der Waals surface area (Å²) in [5.74, 6) is -0.518. The van der Waals surface area contributed by atoms with E-state index in [4.69, 9.17) is 9.84 Å². The highest BCUT2D eigenvalue weighted by molar-refractivity contribution is 6.02. The topological polar surface area (TPSA) is 93.0 Å².